The molecular formula is C14H18N2O. The van der Waals surface area contributed by atoms with Crippen molar-refractivity contribution in [1.82, 2.24) is 10.6 Å². The molecule has 0 saturated heterocycles. The zero-order valence-corrected chi connectivity index (χ0v) is 10.2. The minimum atomic E-state index is -0.0668. The Morgan fingerprint density at radius 1 is 1.29 bits per heavy atom. The van der Waals surface area contributed by atoms with Gasteiger partial charge in [0.05, 0.1) is 0 Å². The lowest BCUT2D eigenvalue weighted by molar-refractivity contribution is -0.117. The number of benzene rings is 1. The van der Waals surface area contributed by atoms with Crippen molar-refractivity contribution in [2.24, 2.45) is 0 Å². The van der Waals surface area contributed by atoms with Crippen LogP contribution in [0.3, 0.4) is 0 Å². The van der Waals surface area contributed by atoms with E-state index in [0.717, 1.165) is 5.56 Å². The van der Waals surface area contributed by atoms with E-state index < -0.39 is 0 Å². The number of hydrogen-bond donors (Lipinski definition) is 2. The third-order valence-corrected chi connectivity index (χ3v) is 2.30. The fourth-order valence-electron chi connectivity index (χ4n) is 1.36. The molecule has 1 amide bonds. The monoisotopic (exact) mass is 230 g/mol. The molecule has 0 radical (unpaired) electrons. The fraction of sp³-hybridized carbons (Fsp3) is 0.214. The quantitative estimate of drug-likeness (QED) is 0.600. The molecule has 0 bridgehead atoms. The lowest BCUT2D eigenvalue weighted by Crippen LogP contribution is -2.23. The first kappa shape index (κ1) is 13.0. The number of allylic oxidation sites excluding steroid dienone is 1. The maximum Gasteiger partial charge on any atom is 0.251 e. The van der Waals surface area contributed by atoms with E-state index in [1.54, 1.807) is 25.4 Å². The van der Waals surface area contributed by atoms with Crippen LogP contribution < -0.4 is 10.6 Å². The van der Waals surface area contributed by atoms with E-state index in [0.29, 0.717) is 12.1 Å². The largest absolute Gasteiger partial charge is 0.394 e. The number of carbonyl (C=O) groups excluding carboxylic acids is 1. The van der Waals surface area contributed by atoms with Crippen LogP contribution in [0.15, 0.2) is 54.3 Å². The van der Waals surface area contributed by atoms with Gasteiger partial charge in [0.25, 0.3) is 5.91 Å². The normalized spacial score (nSPS) is 11.5. The Bertz CT molecular complexity index is 407. The van der Waals surface area contributed by atoms with Gasteiger partial charge in [0.15, 0.2) is 0 Å². The summed E-state index contributed by atoms with van der Waals surface area (Å²) in [5.74, 6) is -0.0668. The molecule has 0 aliphatic carbocycles. The van der Waals surface area contributed by atoms with Gasteiger partial charge in [-0.3, -0.25) is 4.79 Å². The van der Waals surface area contributed by atoms with Crippen molar-refractivity contribution < 1.29 is 4.79 Å². The maximum atomic E-state index is 11.8. The van der Waals surface area contributed by atoms with Crippen molar-refractivity contribution in [1.29, 1.82) is 0 Å². The molecule has 0 aliphatic rings. The van der Waals surface area contributed by atoms with Crippen LogP contribution in [0, 0.1) is 0 Å². The Balaban J connectivity index is 2.52. The van der Waals surface area contributed by atoms with Crippen molar-refractivity contribution >= 4 is 5.91 Å². The Labute approximate surface area is 102 Å². The number of carbonyl (C=O) groups is 1. The average molecular weight is 230 g/mol. The summed E-state index contributed by atoms with van der Waals surface area (Å²) in [6.45, 7) is 2.39. The number of nitrogens with one attached hydrogen (secondary N) is 2. The van der Waals surface area contributed by atoms with Gasteiger partial charge in [-0.05, 0) is 24.8 Å². The molecule has 0 fully saturated rings. The van der Waals surface area contributed by atoms with E-state index in [1.807, 2.05) is 37.3 Å². The van der Waals surface area contributed by atoms with E-state index >= 15 is 0 Å². The molecule has 0 heterocycles. The minimum absolute atomic E-state index is 0.0668. The fourth-order valence-corrected chi connectivity index (χ4v) is 1.36. The van der Waals surface area contributed by atoms with E-state index in [1.165, 1.54) is 0 Å². The molecule has 17 heavy (non-hydrogen) atoms. The Morgan fingerprint density at radius 2 is 2.00 bits per heavy atom. The highest BCUT2D eigenvalue weighted by molar-refractivity contribution is 5.95. The van der Waals surface area contributed by atoms with Crippen molar-refractivity contribution in [3.63, 3.8) is 0 Å². The highest BCUT2D eigenvalue weighted by Crippen LogP contribution is 2.00. The van der Waals surface area contributed by atoms with Crippen LogP contribution in [0.5, 0.6) is 0 Å². The van der Waals surface area contributed by atoms with Crippen LogP contribution in [0.2, 0.25) is 0 Å². The summed E-state index contributed by atoms with van der Waals surface area (Å²) >= 11 is 0. The summed E-state index contributed by atoms with van der Waals surface area (Å²) in [5.41, 5.74) is 1.74. The van der Waals surface area contributed by atoms with Crippen LogP contribution in [0.1, 0.15) is 12.5 Å². The molecule has 0 aromatic heterocycles. The van der Waals surface area contributed by atoms with Crippen LogP contribution in [-0.2, 0) is 11.3 Å². The summed E-state index contributed by atoms with van der Waals surface area (Å²) in [6.07, 6.45) is 5.27. The lowest BCUT2D eigenvalue weighted by atomic mass is 10.2. The molecular weight excluding hydrogens is 212 g/mol. The molecule has 3 nitrogen and oxygen atoms in total. The number of rotatable bonds is 5. The average Bonchev–Trinajstić information content (AvgIpc) is 2.38. The molecule has 1 aromatic rings. The van der Waals surface area contributed by atoms with Crippen LogP contribution in [-0.4, -0.2) is 13.0 Å². The van der Waals surface area contributed by atoms with Crippen LogP contribution in [0.25, 0.3) is 0 Å². The van der Waals surface area contributed by atoms with E-state index in [-0.39, 0.29) is 5.91 Å². The second-order valence-electron chi connectivity index (χ2n) is 3.53. The van der Waals surface area contributed by atoms with Gasteiger partial charge in [-0.2, -0.15) is 0 Å². The summed E-state index contributed by atoms with van der Waals surface area (Å²) in [5, 5.41) is 5.73. The van der Waals surface area contributed by atoms with Crippen LogP contribution in [0.4, 0.5) is 0 Å². The topological polar surface area (TPSA) is 41.1 Å². The van der Waals surface area contributed by atoms with Gasteiger partial charge in [-0.15, -0.1) is 0 Å². The van der Waals surface area contributed by atoms with Gasteiger partial charge in [0.1, 0.15) is 0 Å². The van der Waals surface area contributed by atoms with Gasteiger partial charge in [0, 0.05) is 19.2 Å². The summed E-state index contributed by atoms with van der Waals surface area (Å²) < 4.78 is 0. The zero-order valence-electron chi connectivity index (χ0n) is 10.2. The third-order valence-electron chi connectivity index (χ3n) is 2.30. The molecule has 0 unspecified atom stereocenters. The van der Waals surface area contributed by atoms with E-state index in [2.05, 4.69) is 10.6 Å². The van der Waals surface area contributed by atoms with Crippen molar-refractivity contribution in [3.05, 3.63) is 59.8 Å². The predicted molar refractivity (Wildman–Crippen MR) is 70.2 cm³/mol. The third kappa shape index (κ3) is 4.55. The Hall–Kier alpha value is -2.03. The lowest BCUT2D eigenvalue weighted by Gasteiger charge is -2.05. The molecule has 2 N–H and O–H groups in total. The zero-order chi connectivity index (χ0) is 12.5. The van der Waals surface area contributed by atoms with Gasteiger partial charge in [0.2, 0.25) is 0 Å². The number of amides is 1. The Morgan fingerprint density at radius 3 is 2.59 bits per heavy atom. The van der Waals surface area contributed by atoms with Crippen molar-refractivity contribution in [2.75, 3.05) is 7.05 Å². The molecule has 1 aromatic carbocycles. The van der Waals surface area contributed by atoms with Crippen molar-refractivity contribution in [3.8, 4) is 0 Å². The maximum absolute atomic E-state index is 11.8. The molecule has 3 heteroatoms. The summed E-state index contributed by atoms with van der Waals surface area (Å²) in [6, 6.07) is 9.84. The molecule has 0 saturated carbocycles. The molecule has 0 spiro atoms. The van der Waals surface area contributed by atoms with Gasteiger partial charge >= 0.3 is 0 Å². The molecule has 0 aliphatic heterocycles. The first-order chi connectivity index (χ1) is 8.27. The minimum Gasteiger partial charge on any atom is -0.394 e. The molecule has 0 atom stereocenters. The first-order valence-corrected chi connectivity index (χ1v) is 5.60. The van der Waals surface area contributed by atoms with Gasteiger partial charge < -0.3 is 10.6 Å². The first-order valence-electron chi connectivity index (χ1n) is 5.60. The standard InChI is InChI=1S/C14H18N2O/c1-3-13(9-10-15-2)14(17)16-11-12-7-5-4-6-8-12/h3-10,15H,11H2,1-2H3,(H,16,17)/b10-9-,13-3+. The SMILES string of the molecule is C/C=C(\C=C/NC)C(=O)NCc1ccccc1. The highest BCUT2D eigenvalue weighted by Gasteiger charge is 2.04. The summed E-state index contributed by atoms with van der Waals surface area (Å²) in [4.78, 5) is 11.8. The van der Waals surface area contributed by atoms with Crippen LogP contribution >= 0.6 is 0 Å². The Kier molecular flexibility index (Phi) is 5.58. The molecule has 90 valence electrons. The smallest absolute Gasteiger partial charge is 0.251 e. The van der Waals surface area contributed by atoms with Gasteiger partial charge in [-0.25, -0.2) is 0 Å². The second kappa shape index (κ2) is 7.28. The molecule has 1 rings (SSSR count). The number of hydrogen-bond acceptors (Lipinski definition) is 2. The van der Waals surface area contributed by atoms with Crippen molar-refractivity contribution in [2.45, 2.75) is 13.5 Å². The van der Waals surface area contributed by atoms with E-state index in [9.17, 15) is 4.79 Å². The summed E-state index contributed by atoms with van der Waals surface area (Å²) in [7, 11) is 1.80. The van der Waals surface area contributed by atoms with E-state index in [4.69, 9.17) is 0 Å². The predicted octanol–water partition coefficient (Wildman–Crippen LogP) is 1.98. The van der Waals surface area contributed by atoms with Gasteiger partial charge in [-0.1, -0.05) is 36.4 Å². The highest BCUT2D eigenvalue weighted by atomic mass is 16.1. The second-order valence-corrected chi connectivity index (χ2v) is 3.53.